The van der Waals surface area contributed by atoms with Gasteiger partial charge in [0.05, 0.1) is 12.5 Å². The van der Waals surface area contributed by atoms with Crippen LogP contribution in [0.4, 0.5) is 5.69 Å². The van der Waals surface area contributed by atoms with E-state index in [1.54, 1.807) is 18.6 Å². The van der Waals surface area contributed by atoms with Crippen molar-refractivity contribution >= 4 is 17.8 Å². The molecule has 0 aliphatic heterocycles. The molecule has 0 saturated heterocycles. The van der Waals surface area contributed by atoms with Crippen molar-refractivity contribution in [2.45, 2.75) is 0 Å². The van der Waals surface area contributed by atoms with Gasteiger partial charge in [-0.15, -0.1) is 0 Å². The van der Waals surface area contributed by atoms with Gasteiger partial charge in [0.15, 0.2) is 0 Å². The molecular formula is C14H13N5O. The van der Waals surface area contributed by atoms with E-state index >= 15 is 0 Å². The second kappa shape index (κ2) is 5.00. The minimum absolute atomic E-state index is 0.443. The summed E-state index contributed by atoms with van der Waals surface area (Å²) in [5, 5.41) is 3.93. The first kappa shape index (κ1) is 12.2. The third kappa shape index (κ3) is 2.44. The smallest absolute Gasteiger partial charge is 0.251 e. The molecule has 0 saturated carbocycles. The monoisotopic (exact) mass is 267 g/mol. The van der Waals surface area contributed by atoms with E-state index in [1.165, 1.54) is 0 Å². The molecule has 1 aromatic carbocycles. The molecule has 6 nitrogen and oxygen atoms in total. The van der Waals surface area contributed by atoms with Crippen LogP contribution in [0.3, 0.4) is 0 Å². The van der Waals surface area contributed by atoms with Crippen LogP contribution in [0.15, 0.2) is 41.3 Å². The number of aromatic nitrogens is 4. The molecule has 3 aromatic rings. The third-order valence-corrected chi connectivity index (χ3v) is 2.84. The topological polar surface area (TPSA) is 82.8 Å². The summed E-state index contributed by atoms with van der Waals surface area (Å²) in [6.07, 6.45) is 7.03. The molecule has 6 heteroatoms. The molecule has 0 aliphatic carbocycles. The zero-order valence-corrected chi connectivity index (χ0v) is 10.9. The normalized spacial score (nSPS) is 11.2. The average Bonchev–Trinajstić information content (AvgIpc) is 3.06. The molecule has 100 valence electrons. The highest BCUT2D eigenvalue weighted by atomic mass is 16.5. The van der Waals surface area contributed by atoms with E-state index in [2.05, 4.69) is 15.1 Å². The number of aryl methyl sites for hydroxylation is 1. The molecule has 20 heavy (non-hydrogen) atoms. The second-order valence-electron chi connectivity index (χ2n) is 4.35. The predicted octanol–water partition coefficient (Wildman–Crippen LogP) is 2.22. The molecule has 0 fully saturated rings. The van der Waals surface area contributed by atoms with Gasteiger partial charge in [-0.05, 0) is 23.8 Å². The first-order valence-corrected chi connectivity index (χ1v) is 6.06. The molecule has 0 aliphatic rings. The first-order valence-electron chi connectivity index (χ1n) is 6.06. The van der Waals surface area contributed by atoms with Gasteiger partial charge < -0.3 is 14.8 Å². The largest absolute Gasteiger partial charge is 0.399 e. The second-order valence-corrected chi connectivity index (χ2v) is 4.35. The molecule has 0 radical (unpaired) electrons. The van der Waals surface area contributed by atoms with Gasteiger partial charge >= 0.3 is 0 Å². The molecular weight excluding hydrogens is 254 g/mol. The fourth-order valence-corrected chi connectivity index (χ4v) is 1.75. The van der Waals surface area contributed by atoms with Gasteiger partial charge in [0.1, 0.15) is 5.69 Å². The fourth-order valence-electron chi connectivity index (χ4n) is 1.75. The number of imidazole rings is 1. The lowest BCUT2D eigenvalue weighted by atomic mass is 10.2. The van der Waals surface area contributed by atoms with Gasteiger partial charge in [-0.3, -0.25) is 0 Å². The van der Waals surface area contributed by atoms with Crippen LogP contribution in [-0.2, 0) is 7.05 Å². The predicted molar refractivity (Wildman–Crippen MR) is 76.3 cm³/mol. The van der Waals surface area contributed by atoms with Crippen molar-refractivity contribution in [2.24, 2.45) is 7.05 Å². The number of nitrogens with two attached hydrogens (primary N) is 1. The number of rotatable bonds is 3. The Morgan fingerprint density at radius 1 is 1.20 bits per heavy atom. The van der Waals surface area contributed by atoms with Crippen LogP contribution in [0.1, 0.15) is 11.5 Å². The van der Waals surface area contributed by atoms with Crippen molar-refractivity contribution < 1.29 is 4.52 Å². The van der Waals surface area contributed by atoms with E-state index in [-0.39, 0.29) is 0 Å². The van der Waals surface area contributed by atoms with E-state index in [1.807, 2.05) is 42.0 Å². The minimum Gasteiger partial charge on any atom is -0.399 e. The maximum Gasteiger partial charge on any atom is 0.251 e. The lowest BCUT2D eigenvalue weighted by Gasteiger charge is -1.93. The summed E-state index contributed by atoms with van der Waals surface area (Å²) in [5.41, 5.74) is 8.19. The molecule has 0 spiro atoms. The summed E-state index contributed by atoms with van der Waals surface area (Å²) >= 11 is 0. The van der Waals surface area contributed by atoms with Crippen LogP contribution < -0.4 is 5.73 Å². The van der Waals surface area contributed by atoms with Crippen LogP contribution >= 0.6 is 0 Å². The first-order chi connectivity index (χ1) is 9.72. The molecule has 0 bridgehead atoms. The van der Waals surface area contributed by atoms with Crippen molar-refractivity contribution in [3.8, 4) is 11.5 Å². The summed E-state index contributed by atoms with van der Waals surface area (Å²) < 4.78 is 7.01. The molecule has 2 aromatic heterocycles. The van der Waals surface area contributed by atoms with Gasteiger partial charge in [0, 0.05) is 18.8 Å². The Morgan fingerprint density at radius 2 is 2.00 bits per heavy atom. The number of hydrogen-bond donors (Lipinski definition) is 1. The average molecular weight is 267 g/mol. The van der Waals surface area contributed by atoms with Crippen molar-refractivity contribution in [1.82, 2.24) is 19.7 Å². The van der Waals surface area contributed by atoms with E-state index in [0.717, 1.165) is 16.9 Å². The summed E-state index contributed by atoms with van der Waals surface area (Å²) in [6, 6.07) is 7.53. The van der Waals surface area contributed by atoms with E-state index in [4.69, 9.17) is 10.3 Å². The molecule has 3 rings (SSSR count). The molecule has 2 N–H and O–H groups in total. The van der Waals surface area contributed by atoms with Gasteiger partial charge in [-0.2, -0.15) is 4.98 Å². The Bertz CT molecular complexity index is 739. The van der Waals surface area contributed by atoms with Crippen LogP contribution in [0.5, 0.6) is 0 Å². The van der Waals surface area contributed by atoms with Crippen molar-refractivity contribution in [1.29, 1.82) is 0 Å². The Kier molecular flexibility index (Phi) is 3.04. The number of hydrogen-bond acceptors (Lipinski definition) is 5. The zero-order chi connectivity index (χ0) is 13.9. The van der Waals surface area contributed by atoms with Crippen LogP contribution in [0, 0.1) is 0 Å². The lowest BCUT2D eigenvalue weighted by molar-refractivity contribution is 0.411. The minimum atomic E-state index is 0.443. The van der Waals surface area contributed by atoms with Crippen LogP contribution in [0.25, 0.3) is 23.7 Å². The number of anilines is 1. The summed E-state index contributed by atoms with van der Waals surface area (Å²) in [5.74, 6) is 0.958. The highest BCUT2D eigenvalue weighted by Crippen LogP contribution is 2.15. The molecule has 0 amide bonds. The van der Waals surface area contributed by atoms with Crippen molar-refractivity contribution in [3.05, 3.63) is 48.2 Å². The van der Waals surface area contributed by atoms with Gasteiger partial charge in [-0.25, -0.2) is 4.98 Å². The quantitative estimate of drug-likeness (QED) is 0.736. The highest BCUT2D eigenvalue weighted by Gasteiger charge is 2.09. The van der Waals surface area contributed by atoms with Gasteiger partial charge in [0.25, 0.3) is 5.89 Å². The molecule has 2 heterocycles. The highest BCUT2D eigenvalue weighted by molar-refractivity contribution is 5.67. The molecule has 0 atom stereocenters. The zero-order valence-electron chi connectivity index (χ0n) is 10.9. The standard InChI is InChI=1S/C14H13N5O/c1-19-9-16-8-12(19)14-17-13(20-18-14)7-4-10-2-5-11(15)6-3-10/h2-9H,15H2,1H3/b7-4+. The van der Waals surface area contributed by atoms with Crippen LogP contribution in [0.2, 0.25) is 0 Å². The van der Waals surface area contributed by atoms with Crippen LogP contribution in [-0.4, -0.2) is 19.7 Å². The van der Waals surface area contributed by atoms with Crippen molar-refractivity contribution in [3.63, 3.8) is 0 Å². The molecule has 0 unspecified atom stereocenters. The Labute approximate surface area is 115 Å². The third-order valence-electron chi connectivity index (χ3n) is 2.84. The Hall–Kier alpha value is -2.89. The Morgan fingerprint density at radius 3 is 2.70 bits per heavy atom. The van der Waals surface area contributed by atoms with Gasteiger partial charge in [0.2, 0.25) is 5.82 Å². The van der Waals surface area contributed by atoms with Crippen molar-refractivity contribution in [2.75, 3.05) is 5.73 Å². The SMILES string of the molecule is Cn1cncc1-c1noc(/C=C/c2ccc(N)cc2)n1. The van der Waals surface area contributed by atoms with E-state index in [0.29, 0.717) is 11.7 Å². The summed E-state index contributed by atoms with van der Waals surface area (Å²) in [6.45, 7) is 0. The summed E-state index contributed by atoms with van der Waals surface area (Å²) in [4.78, 5) is 8.32. The fraction of sp³-hybridized carbons (Fsp3) is 0.0714. The number of benzene rings is 1. The lowest BCUT2D eigenvalue weighted by Crippen LogP contribution is -1.90. The summed E-state index contributed by atoms with van der Waals surface area (Å²) in [7, 11) is 1.88. The maximum absolute atomic E-state index is 5.63. The van der Waals surface area contributed by atoms with E-state index in [9.17, 15) is 0 Å². The van der Waals surface area contributed by atoms with Gasteiger partial charge in [-0.1, -0.05) is 17.3 Å². The number of nitrogen functional groups attached to an aromatic ring is 1. The number of nitrogens with zero attached hydrogens (tertiary/aromatic N) is 4. The van der Waals surface area contributed by atoms with E-state index < -0.39 is 0 Å². The maximum atomic E-state index is 5.63. The Balaban J connectivity index is 1.81.